The third kappa shape index (κ3) is 2.92. The minimum atomic E-state index is -4.37. The number of aliphatic hydroxyl groups is 1. The Morgan fingerprint density at radius 3 is 2.63 bits per heavy atom. The number of halogens is 3. The van der Waals surface area contributed by atoms with E-state index in [1.165, 1.54) is 6.07 Å². The first kappa shape index (κ1) is 14.3. The van der Waals surface area contributed by atoms with Crippen molar-refractivity contribution >= 4 is 0 Å². The average Bonchev–Trinajstić information content (AvgIpc) is 2.34. The minimum absolute atomic E-state index is 0.147. The van der Waals surface area contributed by atoms with Crippen LogP contribution in [0, 0.1) is 0 Å². The summed E-state index contributed by atoms with van der Waals surface area (Å²) in [6.45, 7) is 2.64. The smallest absolute Gasteiger partial charge is 0.385 e. The number of rotatable bonds is 1. The van der Waals surface area contributed by atoms with Crippen molar-refractivity contribution in [3.63, 3.8) is 0 Å². The standard InChI is InChI=1S/C14H18F3NO/c1-10-9-13(19,6-7-18(10)2)11-4-3-5-12(8-11)14(15,16)17/h3-5,8,10,19H,6-7,9H2,1-2H3. The molecule has 0 radical (unpaired) electrons. The van der Waals surface area contributed by atoms with E-state index in [1.807, 2.05) is 14.0 Å². The Balaban J connectivity index is 2.31. The highest BCUT2D eigenvalue weighted by Gasteiger charge is 2.38. The topological polar surface area (TPSA) is 23.5 Å². The van der Waals surface area contributed by atoms with Crippen LogP contribution < -0.4 is 0 Å². The van der Waals surface area contributed by atoms with Gasteiger partial charge >= 0.3 is 6.18 Å². The van der Waals surface area contributed by atoms with E-state index in [1.54, 1.807) is 6.07 Å². The number of likely N-dealkylation sites (tertiary alicyclic amines) is 1. The molecule has 1 heterocycles. The first-order valence-corrected chi connectivity index (χ1v) is 6.33. The van der Waals surface area contributed by atoms with Crippen LogP contribution in [0.2, 0.25) is 0 Å². The second-order valence-corrected chi connectivity index (χ2v) is 5.39. The van der Waals surface area contributed by atoms with Crippen molar-refractivity contribution in [2.45, 2.75) is 37.6 Å². The summed E-state index contributed by atoms with van der Waals surface area (Å²) in [5.41, 5.74) is -1.50. The average molecular weight is 273 g/mol. The summed E-state index contributed by atoms with van der Waals surface area (Å²) in [5, 5.41) is 10.6. The lowest BCUT2D eigenvalue weighted by atomic mass is 9.81. The lowest BCUT2D eigenvalue weighted by Crippen LogP contribution is -2.46. The molecule has 0 amide bonds. The molecule has 1 fully saturated rings. The number of benzene rings is 1. The molecule has 1 aliphatic rings. The molecule has 5 heteroatoms. The normalized spacial score (nSPS) is 29.5. The van der Waals surface area contributed by atoms with Gasteiger partial charge < -0.3 is 10.0 Å². The maximum atomic E-state index is 12.7. The van der Waals surface area contributed by atoms with Gasteiger partial charge in [-0.05, 0) is 44.5 Å². The Kier molecular flexibility index (Phi) is 3.62. The molecular formula is C14H18F3NO. The molecule has 0 saturated carbocycles. The summed E-state index contributed by atoms with van der Waals surface area (Å²) in [4.78, 5) is 2.10. The Hall–Kier alpha value is -1.07. The fourth-order valence-corrected chi connectivity index (χ4v) is 2.58. The molecule has 106 valence electrons. The van der Waals surface area contributed by atoms with Gasteiger partial charge in [-0.3, -0.25) is 0 Å². The first-order chi connectivity index (χ1) is 8.72. The summed E-state index contributed by atoms with van der Waals surface area (Å²) < 4.78 is 38.1. The monoisotopic (exact) mass is 273 g/mol. The van der Waals surface area contributed by atoms with E-state index in [-0.39, 0.29) is 6.04 Å². The molecule has 0 aliphatic carbocycles. The molecule has 2 nitrogen and oxygen atoms in total. The zero-order valence-electron chi connectivity index (χ0n) is 11.0. The lowest BCUT2D eigenvalue weighted by molar-refractivity contribution is -0.137. The molecule has 1 aromatic rings. The molecule has 2 rings (SSSR count). The van der Waals surface area contributed by atoms with Crippen molar-refractivity contribution < 1.29 is 18.3 Å². The molecule has 1 aromatic carbocycles. The van der Waals surface area contributed by atoms with Crippen LogP contribution in [0.3, 0.4) is 0 Å². The van der Waals surface area contributed by atoms with Gasteiger partial charge in [0, 0.05) is 12.6 Å². The van der Waals surface area contributed by atoms with Crippen LogP contribution in [0.5, 0.6) is 0 Å². The van der Waals surface area contributed by atoms with Gasteiger partial charge in [-0.2, -0.15) is 13.2 Å². The molecule has 0 aromatic heterocycles. The van der Waals surface area contributed by atoms with Crippen molar-refractivity contribution in [2.75, 3.05) is 13.6 Å². The SMILES string of the molecule is CC1CC(O)(c2cccc(C(F)(F)F)c2)CCN1C. The lowest BCUT2D eigenvalue weighted by Gasteiger charge is -2.41. The van der Waals surface area contributed by atoms with Crippen LogP contribution in [0.1, 0.15) is 30.9 Å². The predicted octanol–water partition coefficient (Wildman–Crippen LogP) is 3.01. The second kappa shape index (κ2) is 4.80. The molecule has 1 saturated heterocycles. The van der Waals surface area contributed by atoms with Gasteiger partial charge in [-0.15, -0.1) is 0 Å². The molecular weight excluding hydrogens is 255 g/mol. The van der Waals surface area contributed by atoms with Gasteiger partial charge in [0.15, 0.2) is 0 Å². The van der Waals surface area contributed by atoms with Crippen LogP contribution in [-0.4, -0.2) is 29.6 Å². The molecule has 1 aliphatic heterocycles. The Morgan fingerprint density at radius 1 is 1.37 bits per heavy atom. The fraction of sp³-hybridized carbons (Fsp3) is 0.571. The highest BCUT2D eigenvalue weighted by molar-refractivity contribution is 5.30. The third-order valence-corrected chi connectivity index (χ3v) is 3.99. The summed E-state index contributed by atoms with van der Waals surface area (Å²) in [6, 6.07) is 5.18. The summed E-state index contributed by atoms with van der Waals surface area (Å²) >= 11 is 0. The van der Waals surface area contributed by atoms with Crippen LogP contribution in [0.25, 0.3) is 0 Å². The van der Waals surface area contributed by atoms with Crippen molar-refractivity contribution in [2.24, 2.45) is 0 Å². The van der Waals surface area contributed by atoms with Gasteiger partial charge in [0.1, 0.15) is 0 Å². The van der Waals surface area contributed by atoms with Crippen LogP contribution in [0.15, 0.2) is 24.3 Å². The largest absolute Gasteiger partial charge is 0.416 e. The number of piperidine rings is 1. The van der Waals surface area contributed by atoms with Gasteiger partial charge in [-0.25, -0.2) is 0 Å². The fourth-order valence-electron chi connectivity index (χ4n) is 2.58. The van der Waals surface area contributed by atoms with E-state index in [0.29, 0.717) is 24.9 Å². The molecule has 2 unspecified atom stereocenters. The molecule has 19 heavy (non-hydrogen) atoms. The van der Waals surface area contributed by atoms with Crippen LogP contribution in [-0.2, 0) is 11.8 Å². The van der Waals surface area contributed by atoms with Gasteiger partial charge in [0.25, 0.3) is 0 Å². The number of hydrogen-bond donors (Lipinski definition) is 1. The third-order valence-electron chi connectivity index (χ3n) is 3.99. The Labute approximate surface area is 110 Å². The van der Waals surface area contributed by atoms with Crippen LogP contribution in [0.4, 0.5) is 13.2 Å². The maximum Gasteiger partial charge on any atom is 0.416 e. The quantitative estimate of drug-likeness (QED) is 0.850. The number of hydrogen-bond acceptors (Lipinski definition) is 2. The van der Waals surface area contributed by atoms with E-state index in [9.17, 15) is 18.3 Å². The van der Waals surface area contributed by atoms with Crippen molar-refractivity contribution in [3.05, 3.63) is 35.4 Å². The van der Waals surface area contributed by atoms with E-state index < -0.39 is 17.3 Å². The van der Waals surface area contributed by atoms with Crippen molar-refractivity contribution in [1.82, 2.24) is 4.90 Å². The van der Waals surface area contributed by atoms with Gasteiger partial charge in [0.05, 0.1) is 11.2 Å². The van der Waals surface area contributed by atoms with E-state index in [2.05, 4.69) is 4.90 Å². The zero-order chi connectivity index (χ0) is 14.3. The molecule has 0 bridgehead atoms. The summed E-state index contributed by atoms with van der Waals surface area (Å²) in [7, 11) is 1.95. The maximum absolute atomic E-state index is 12.7. The number of nitrogens with zero attached hydrogens (tertiary/aromatic N) is 1. The predicted molar refractivity (Wildman–Crippen MR) is 66.7 cm³/mol. The zero-order valence-corrected chi connectivity index (χ0v) is 11.0. The highest BCUT2D eigenvalue weighted by atomic mass is 19.4. The van der Waals surface area contributed by atoms with Gasteiger partial charge in [-0.1, -0.05) is 12.1 Å². The van der Waals surface area contributed by atoms with Crippen molar-refractivity contribution in [1.29, 1.82) is 0 Å². The number of alkyl halides is 3. The molecule has 0 spiro atoms. The van der Waals surface area contributed by atoms with E-state index in [4.69, 9.17) is 0 Å². The summed E-state index contributed by atoms with van der Waals surface area (Å²) in [6.07, 6.45) is -3.47. The van der Waals surface area contributed by atoms with Gasteiger partial charge in [0.2, 0.25) is 0 Å². The summed E-state index contributed by atoms with van der Waals surface area (Å²) in [5.74, 6) is 0. The van der Waals surface area contributed by atoms with E-state index in [0.717, 1.165) is 12.1 Å². The second-order valence-electron chi connectivity index (χ2n) is 5.39. The highest BCUT2D eigenvalue weighted by Crippen LogP contribution is 2.38. The Bertz CT molecular complexity index is 460. The van der Waals surface area contributed by atoms with Crippen LogP contribution >= 0.6 is 0 Å². The molecule has 2 atom stereocenters. The van der Waals surface area contributed by atoms with Crippen molar-refractivity contribution in [3.8, 4) is 0 Å². The molecule has 1 N–H and O–H groups in total. The minimum Gasteiger partial charge on any atom is -0.385 e. The van der Waals surface area contributed by atoms with E-state index >= 15 is 0 Å². The Morgan fingerprint density at radius 2 is 2.05 bits per heavy atom. The first-order valence-electron chi connectivity index (χ1n) is 6.33.